The minimum absolute atomic E-state index is 0.171. The standard InChI is InChI=1S/C15H12FN3O2S/c1-21-10-4-2-3-9(7-10)17-14(20)11-5-8(16)6-12-13(11)19-15(22)18-12/h2-7H,1H3,(H,17,20)(H2,18,19,22). The van der Waals surface area contributed by atoms with Gasteiger partial charge in [0.25, 0.3) is 5.91 Å². The van der Waals surface area contributed by atoms with Crippen molar-refractivity contribution in [3.05, 3.63) is 52.5 Å². The number of aromatic nitrogens is 2. The fourth-order valence-electron chi connectivity index (χ4n) is 2.19. The third kappa shape index (κ3) is 2.71. The average Bonchev–Trinajstić information content (AvgIpc) is 2.86. The van der Waals surface area contributed by atoms with Gasteiger partial charge in [0.2, 0.25) is 0 Å². The van der Waals surface area contributed by atoms with Crippen LogP contribution in [0.1, 0.15) is 10.4 Å². The number of hydrogen-bond acceptors (Lipinski definition) is 3. The number of imidazole rings is 1. The number of nitrogens with one attached hydrogen (secondary N) is 3. The van der Waals surface area contributed by atoms with Gasteiger partial charge in [-0.05, 0) is 36.5 Å². The Labute approximate surface area is 130 Å². The first-order valence-corrected chi connectivity index (χ1v) is 6.84. The van der Waals surface area contributed by atoms with Crippen LogP contribution in [0, 0.1) is 10.6 Å². The van der Waals surface area contributed by atoms with Crippen LogP contribution in [0.4, 0.5) is 10.1 Å². The van der Waals surface area contributed by atoms with Gasteiger partial charge in [-0.3, -0.25) is 4.79 Å². The maximum Gasteiger partial charge on any atom is 0.257 e. The summed E-state index contributed by atoms with van der Waals surface area (Å²) >= 11 is 4.98. The van der Waals surface area contributed by atoms with Gasteiger partial charge in [-0.15, -0.1) is 0 Å². The van der Waals surface area contributed by atoms with Crippen molar-refractivity contribution >= 4 is 34.8 Å². The molecule has 1 amide bonds. The normalized spacial score (nSPS) is 10.6. The maximum absolute atomic E-state index is 13.7. The first-order chi connectivity index (χ1) is 10.6. The fraction of sp³-hybridized carbons (Fsp3) is 0.0667. The Morgan fingerprint density at radius 1 is 1.27 bits per heavy atom. The number of hydrogen-bond donors (Lipinski definition) is 3. The lowest BCUT2D eigenvalue weighted by molar-refractivity contribution is 0.102. The second-order valence-electron chi connectivity index (χ2n) is 4.64. The average molecular weight is 317 g/mol. The smallest absolute Gasteiger partial charge is 0.257 e. The third-order valence-electron chi connectivity index (χ3n) is 3.16. The molecule has 0 radical (unpaired) electrons. The number of fused-ring (bicyclic) bond motifs is 1. The van der Waals surface area contributed by atoms with Crippen molar-refractivity contribution in [1.29, 1.82) is 0 Å². The van der Waals surface area contributed by atoms with E-state index >= 15 is 0 Å². The van der Waals surface area contributed by atoms with Gasteiger partial charge in [-0.2, -0.15) is 0 Å². The quantitative estimate of drug-likeness (QED) is 0.646. The number of aromatic amines is 2. The number of amides is 1. The number of halogens is 1. The molecule has 3 aromatic rings. The first kappa shape index (κ1) is 14.3. The van der Waals surface area contributed by atoms with Crippen LogP contribution in [0.2, 0.25) is 0 Å². The summed E-state index contributed by atoms with van der Waals surface area (Å²) in [6.45, 7) is 0. The number of carbonyl (C=O) groups is 1. The van der Waals surface area contributed by atoms with Crippen molar-refractivity contribution in [2.24, 2.45) is 0 Å². The minimum atomic E-state index is -0.520. The second kappa shape index (κ2) is 5.61. The number of carbonyl (C=O) groups excluding carboxylic acids is 1. The largest absolute Gasteiger partial charge is 0.497 e. The molecule has 0 unspecified atom stereocenters. The van der Waals surface area contributed by atoms with Crippen LogP contribution in [0.25, 0.3) is 11.0 Å². The van der Waals surface area contributed by atoms with E-state index in [1.165, 1.54) is 13.2 Å². The van der Waals surface area contributed by atoms with Crippen LogP contribution in [-0.2, 0) is 0 Å². The number of benzene rings is 2. The summed E-state index contributed by atoms with van der Waals surface area (Å²) < 4.78 is 19.1. The van der Waals surface area contributed by atoms with E-state index in [1.54, 1.807) is 24.3 Å². The van der Waals surface area contributed by atoms with Gasteiger partial charge in [0.15, 0.2) is 4.77 Å². The van der Waals surface area contributed by atoms with E-state index in [0.29, 0.717) is 27.2 Å². The second-order valence-corrected chi connectivity index (χ2v) is 5.05. The van der Waals surface area contributed by atoms with Gasteiger partial charge in [0.1, 0.15) is 11.6 Å². The van der Waals surface area contributed by atoms with Crippen LogP contribution in [0.5, 0.6) is 5.75 Å². The lowest BCUT2D eigenvalue weighted by atomic mass is 10.1. The number of H-pyrrole nitrogens is 2. The summed E-state index contributed by atoms with van der Waals surface area (Å²) in [5.41, 5.74) is 1.63. The van der Waals surface area contributed by atoms with Crippen molar-refractivity contribution in [3.63, 3.8) is 0 Å². The molecule has 0 spiro atoms. The number of rotatable bonds is 3. The Balaban J connectivity index is 1.99. The molecular weight excluding hydrogens is 305 g/mol. The highest BCUT2D eigenvalue weighted by atomic mass is 32.1. The molecule has 0 aliphatic rings. The van der Waals surface area contributed by atoms with Gasteiger partial charge >= 0.3 is 0 Å². The molecule has 112 valence electrons. The Hall–Kier alpha value is -2.67. The van der Waals surface area contributed by atoms with Crippen molar-refractivity contribution < 1.29 is 13.9 Å². The van der Waals surface area contributed by atoms with Crippen molar-refractivity contribution in [2.75, 3.05) is 12.4 Å². The van der Waals surface area contributed by atoms with Crippen molar-refractivity contribution in [2.45, 2.75) is 0 Å². The van der Waals surface area contributed by atoms with Crippen LogP contribution >= 0.6 is 12.2 Å². The zero-order valence-electron chi connectivity index (χ0n) is 11.6. The van der Waals surface area contributed by atoms with Gasteiger partial charge in [0.05, 0.1) is 23.7 Å². The Morgan fingerprint density at radius 3 is 2.86 bits per heavy atom. The molecule has 0 fully saturated rings. The van der Waals surface area contributed by atoms with E-state index < -0.39 is 11.7 Å². The summed E-state index contributed by atoms with van der Waals surface area (Å²) in [7, 11) is 1.54. The Morgan fingerprint density at radius 2 is 2.09 bits per heavy atom. The van der Waals surface area contributed by atoms with E-state index in [-0.39, 0.29) is 5.56 Å². The van der Waals surface area contributed by atoms with Crippen LogP contribution in [-0.4, -0.2) is 23.0 Å². The lowest BCUT2D eigenvalue weighted by Crippen LogP contribution is -2.13. The van der Waals surface area contributed by atoms with Gasteiger partial charge in [0, 0.05) is 11.8 Å². The van der Waals surface area contributed by atoms with Crippen molar-refractivity contribution in [1.82, 2.24) is 9.97 Å². The molecule has 0 saturated heterocycles. The number of anilines is 1. The van der Waals surface area contributed by atoms with Gasteiger partial charge in [-0.1, -0.05) is 6.07 Å². The Kier molecular flexibility index (Phi) is 3.64. The molecule has 0 bridgehead atoms. The van der Waals surface area contributed by atoms with E-state index in [4.69, 9.17) is 17.0 Å². The van der Waals surface area contributed by atoms with Crippen LogP contribution in [0.3, 0.4) is 0 Å². The van der Waals surface area contributed by atoms with Crippen LogP contribution in [0.15, 0.2) is 36.4 Å². The predicted octanol–water partition coefficient (Wildman–Crippen LogP) is 3.63. The fourth-order valence-corrected chi connectivity index (χ4v) is 2.40. The highest BCUT2D eigenvalue weighted by Gasteiger charge is 2.14. The van der Waals surface area contributed by atoms with E-state index in [2.05, 4.69) is 15.3 Å². The SMILES string of the molecule is COc1cccc(NC(=O)c2cc(F)cc3[nH]c(=S)[nH]c23)c1. The third-order valence-corrected chi connectivity index (χ3v) is 3.37. The molecule has 22 heavy (non-hydrogen) atoms. The molecule has 1 heterocycles. The highest BCUT2D eigenvalue weighted by molar-refractivity contribution is 7.71. The van der Waals surface area contributed by atoms with Gasteiger partial charge in [-0.25, -0.2) is 4.39 Å². The lowest BCUT2D eigenvalue weighted by Gasteiger charge is -2.08. The molecular formula is C15H12FN3O2S. The molecule has 2 aromatic carbocycles. The minimum Gasteiger partial charge on any atom is -0.497 e. The molecule has 3 rings (SSSR count). The van der Waals surface area contributed by atoms with E-state index in [1.807, 2.05) is 0 Å². The van der Waals surface area contributed by atoms with Crippen LogP contribution < -0.4 is 10.1 Å². The molecule has 0 aliphatic carbocycles. The molecule has 7 heteroatoms. The summed E-state index contributed by atoms with van der Waals surface area (Å²) in [5.74, 6) is -0.347. The predicted molar refractivity (Wildman–Crippen MR) is 84.4 cm³/mol. The van der Waals surface area contributed by atoms with Gasteiger partial charge < -0.3 is 20.0 Å². The summed E-state index contributed by atoms with van der Waals surface area (Å²) in [6.07, 6.45) is 0. The topological polar surface area (TPSA) is 69.9 Å². The maximum atomic E-state index is 13.7. The molecule has 0 saturated carbocycles. The highest BCUT2D eigenvalue weighted by Crippen LogP contribution is 2.21. The Bertz CT molecular complexity index is 917. The number of ether oxygens (including phenoxy) is 1. The molecule has 5 nitrogen and oxygen atoms in total. The zero-order valence-corrected chi connectivity index (χ0v) is 12.4. The van der Waals surface area contributed by atoms with E-state index in [0.717, 1.165) is 6.07 Å². The number of methoxy groups -OCH3 is 1. The first-order valence-electron chi connectivity index (χ1n) is 6.44. The van der Waals surface area contributed by atoms with Crippen molar-refractivity contribution in [3.8, 4) is 5.75 Å². The molecule has 3 N–H and O–H groups in total. The molecule has 0 aliphatic heterocycles. The van der Waals surface area contributed by atoms with E-state index in [9.17, 15) is 9.18 Å². The zero-order chi connectivity index (χ0) is 15.7. The summed E-state index contributed by atoms with van der Waals surface area (Å²) in [4.78, 5) is 18.0. The molecule has 1 aromatic heterocycles. The monoisotopic (exact) mass is 317 g/mol. The summed E-state index contributed by atoms with van der Waals surface area (Å²) in [6, 6.07) is 9.35. The molecule has 0 atom stereocenters. The summed E-state index contributed by atoms with van der Waals surface area (Å²) in [5, 5.41) is 2.71.